The second kappa shape index (κ2) is 5.26. The van der Waals surface area contributed by atoms with Crippen molar-refractivity contribution in [1.82, 2.24) is 5.32 Å². The third kappa shape index (κ3) is 2.92. The first-order valence-corrected chi connectivity index (χ1v) is 5.61. The lowest BCUT2D eigenvalue weighted by atomic mass is 10.0. The second-order valence-electron chi connectivity index (χ2n) is 4.38. The van der Waals surface area contributed by atoms with Gasteiger partial charge in [0, 0.05) is 12.1 Å². The Bertz CT molecular complexity index is 361. The summed E-state index contributed by atoms with van der Waals surface area (Å²) in [5.74, 6) is -0.104. The molecule has 0 aliphatic rings. The highest BCUT2D eigenvalue weighted by Gasteiger charge is 2.10. The zero-order chi connectivity index (χ0) is 12.3. The molecule has 0 spiro atoms. The number of nitrogens with one attached hydrogen (secondary N) is 1. The highest BCUT2D eigenvalue weighted by molar-refractivity contribution is 5.32. The smallest absolute Gasteiger partial charge is 0.129 e. The highest BCUT2D eigenvalue weighted by atomic mass is 19.1. The Kier molecular flexibility index (Phi) is 4.25. The minimum atomic E-state index is -0.104. The van der Waals surface area contributed by atoms with Crippen LogP contribution in [0.25, 0.3) is 0 Å². The standard InChI is InChI=1S/C14H20FN/c1-6-11(4)16-12(5)13-7-9(2)14(15)10(3)8-13/h6-8,11-12,16H,1H2,2-5H3. The van der Waals surface area contributed by atoms with Crippen molar-refractivity contribution in [1.29, 1.82) is 0 Å². The van der Waals surface area contributed by atoms with Crippen LogP contribution in [0.1, 0.15) is 36.6 Å². The molecular formula is C14H20FN. The first-order chi connectivity index (χ1) is 7.45. The van der Waals surface area contributed by atoms with Gasteiger partial charge in [-0.15, -0.1) is 6.58 Å². The summed E-state index contributed by atoms with van der Waals surface area (Å²) >= 11 is 0. The molecule has 0 amide bonds. The highest BCUT2D eigenvalue weighted by Crippen LogP contribution is 2.20. The predicted octanol–water partition coefficient (Wildman–Crippen LogP) is 3.67. The van der Waals surface area contributed by atoms with Crippen LogP contribution in [0, 0.1) is 19.7 Å². The maximum Gasteiger partial charge on any atom is 0.129 e. The van der Waals surface area contributed by atoms with Crippen molar-refractivity contribution in [2.45, 2.75) is 39.8 Å². The molecule has 16 heavy (non-hydrogen) atoms. The molecule has 0 heterocycles. The van der Waals surface area contributed by atoms with Crippen molar-refractivity contribution in [3.8, 4) is 0 Å². The van der Waals surface area contributed by atoms with Gasteiger partial charge in [0.05, 0.1) is 0 Å². The summed E-state index contributed by atoms with van der Waals surface area (Å²) in [4.78, 5) is 0. The fraction of sp³-hybridized carbons (Fsp3) is 0.429. The van der Waals surface area contributed by atoms with Crippen molar-refractivity contribution in [3.05, 3.63) is 47.3 Å². The second-order valence-corrected chi connectivity index (χ2v) is 4.38. The topological polar surface area (TPSA) is 12.0 Å². The van der Waals surface area contributed by atoms with Crippen LogP contribution in [0.3, 0.4) is 0 Å². The van der Waals surface area contributed by atoms with Gasteiger partial charge in [0.2, 0.25) is 0 Å². The summed E-state index contributed by atoms with van der Waals surface area (Å²) in [5, 5.41) is 3.38. The van der Waals surface area contributed by atoms with Crippen molar-refractivity contribution in [2.24, 2.45) is 0 Å². The van der Waals surface area contributed by atoms with Crippen LogP contribution in [0.2, 0.25) is 0 Å². The Hall–Kier alpha value is -1.15. The molecule has 0 saturated heterocycles. The molecule has 1 N–H and O–H groups in total. The van der Waals surface area contributed by atoms with Gasteiger partial charge in [-0.2, -0.15) is 0 Å². The third-order valence-electron chi connectivity index (χ3n) is 2.83. The predicted molar refractivity (Wildman–Crippen MR) is 67.1 cm³/mol. The van der Waals surface area contributed by atoms with Crippen LogP contribution in [0.15, 0.2) is 24.8 Å². The summed E-state index contributed by atoms with van der Waals surface area (Å²) in [6.45, 7) is 11.5. The summed E-state index contributed by atoms with van der Waals surface area (Å²) in [5.41, 5.74) is 2.52. The molecule has 1 nitrogen and oxygen atoms in total. The molecule has 0 aliphatic heterocycles. The van der Waals surface area contributed by atoms with Gasteiger partial charge in [-0.05, 0) is 44.4 Å². The van der Waals surface area contributed by atoms with Crippen molar-refractivity contribution in [3.63, 3.8) is 0 Å². The van der Waals surface area contributed by atoms with E-state index in [2.05, 4.69) is 18.8 Å². The fourth-order valence-corrected chi connectivity index (χ4v) is 1.79. The van der Waals surface area contributed by atoms with E-state index in [-0.39, 0.29) is 17.9 Å². The first-order valence-electron chi connectivity index (χ1n) is 5.61. The van der Waals surface area contributed by atoms with E-state index in [0.29, 0.717) is 11.1 Å². The molecule has 0 radical (unpaired) electrons. The molecule has 1 aromatic rings. The number of hydrogen-bond donors (Lipinski definition) is 1. The molecule has 2 heteroatoms. The molecule has 88 valence electrons. The van der Waals surface area contributed by atoms with Crippen LogP contribution in [-0.2, 0) is 0 Å². The zero-order valence-electron chi connectivity index (χ0n) is 10.5. The van der Waals surface area contributed by atoms with Crippen molar-refractivity contribution >= 4 is 0 Å². The summed E-state index contributed by atoms with van der Waals surface area (Å²) in [6, 6.07) is 4.25. The van der Waals surface area contributed by atoms with E-state index in [9.17, 15) is 4.39 Å². The molecule has 0 aromatic heterocycles. The molecular weight excluding hydrogens is 201 g/mol. The quantitative estimate of drug-likeness (QED) is 0.765. The average Bonchev–Trinajstić information content (AvgIpc) is 2.24. The molecule has 1 aromatic carbocycles. The number of aryl methyl sites for hydroxylation is 2. The van der Waals surface area contributed by atoms with Gasteiger partial charge in [-0.3, -0.25) is 0 Å². The van der Waals surface area contributed by atoms with Crippen LogP contribution in [0.4, 0.5) is 4.39 Å². The van der Waals surface area contributed by atoms with E-state index in [1.165, 1.54) is 0 Å². The maximum atomic E-state index is 13.5. The zero-order valence-corrected chi connectivity index (χ0v) is 10.5. The van der Waals surface area contributed by atoms with Gasteiger partial charge in [-0.25, -0.2) is 4.39 Å². The maximum absolute atomic E-state index is 13.5. The first kappa shape index (κ1) is 12.9. The molecule has 0 aliphatic carbocycles. The molecule has 2 atom stereocenters. The largest absolute Gasteiger partial charge is 0.304 e. The van der Waals surface area contributed by atoms with Crippen LogP contribution in [0.5, 0.6) is 0 Å². The normalized spacial score (nSPS) is 14.6. The summed E-state index contributed by atoms with van der Waals surface area (Å²) in [7, 11) is 0. The minimum absolute atomic E-state index is 0.104. The Morgan fingerprint density at radius 1 is 1.25 bits per heavy atom. The van der Waals surface area contributed by atoms with E-state index in [1.807, 2.05) is 25.1 Å². The van der Waals surface area contributed by atoms with Gasteiger partial charge in [0.1, 0.15) is 5.82 Å². The summed E-state index contributed by atoms with van der Waals surface area (Å²) in [6.07, 6.45) is 1.86. The Morgan fingerprint density at radius 2 is 1.75 bits per heavy atom. The van der Waals surface area contributed by atoms with E-state index < -0.39 is 0 Å². The van der Waals surface area contributed by atoms with Crippen molar-refractivity contribution < 1.29 is 4.39 Å². The number of hydrogen-bond acceptors (Lipinski definition) is 1. The van der Waals surface area contributed by atoms with E-state index in [4.69, 9.17) is 0 Å². The number of rotatable bonds is 4. The molecule has 1 rings (SSSR count). The van der Waals surface area contributed by atoms with Crippen LogP contribution < -0.4 is 5.32 Å². The lowest BCUT2D eigenvalue weighted by Crippen LogP contribution is -2.27. The van der Waals surface area contributed by atoms with Gasteiger partial charge in [-0.1, -0.05) is 18.2 Å². The lowest BCUT2D eigenvalue weighted by molar-refractivity contribution is 0.534. The molecule has 0 saturated carbocycles. The Balaban J connectivity index is 2.92. The van der Waals surface area contributed by atoms with Gasteiger partial charge in [0.15, 0.2) is 0 Å². The number of benzene rings is 1. The SMILES string of the molecule is C=CC(C)NC(C)c1cc(C)c(F)c(C)c1. The van der Waals surface area contributed by atoms with Gasteiger partial charge in [0.25, 0.3) is 0 Å². The van der Waals surface area contributed by atoms with Crippen LogP contribution >= 0.6 is 0 Å². The average molecular weight is 221 g/mol. The third-order valence-corrected chi connectivity index (χ3v) is 2.83. The molecule has 2 unspecified atom stereocenters. The molecule has 0 bridgehead atoms. The van der Waals surface area contributed by atoms with E-state index in [1.54, 1.807) is 13.8 Å². The van der Waals surface area contributed by atoms with Gasteiger partial charge < -0.3 is 5.32 Å². The minimum Gasteiger partial charge on any atom is -0.304 e. The van der Waals surface area contributed by atoms with E-state index >= 15 is 0 Å². The van der Waals surface area contributed by atoms with E-state index in [0.717, 1.165) is 5.56 Å². The monoisotopic (exact) mass is 221 g/mol. The number of halogens is 1. The lowest BCUT2D eigenvalue weighted by Gasteiger charge is -2.19. The fourth-order valence-electron chi connectivity index (χ4n) is 1.79. The Morgan fingerprint density at radius 3 is 2.19 bits per heavy atom. The summed E-state index contributed by atoms with van der Waals surface area (Å²) < 4.78 is 13.5. The van der Waals surface area contributed by atoms with Gasteiger partial charge >= 0.3 is 0 Å². The van der Waals surface area contributed by atoms with Crippen LogP contribution in [-0.4, -0.2) is 6.04 Å². The van der Waals surface area contributed by atoms with Crippen molar-refractivity contribution in [2.75, 3.05) is 0 Å². The Labute approximate surface area is 97.4 Å². The molecule has 0 fully saturated rings.